The van der Waals surface area contributed by atoms with Crippen LogP contribution in [-0.4, -0.2) is 60.8 Å². The predicted octanol–water partition coefficient (Wildman–Crippen LogP) is 3.11. The van der Waals surface area contributed by atoms with Crippen molar-refractivity contribution in [2.24, 2.45) is 0 Å². The molecule has 2 aromatic rings. The number of carbonyl (C=O) groups excluding carboxylic acids is 2. The molecule has 0 spiro atoms. The minimum atomic E-state index is -0.527. The topological polar surface area (TPSA) is 79.3 Å². The highest BCUT2D eigenvalue weighted by Gasteiger charge is 2.30. The molecule has 2 atom stereocenters. The maximum atomic E-state index is 13.5. The average Bonchev–Trinajstić information content (AvgIpc) is 2.76. The molecule has 0 radical (unpaired) electrons. The molecule has 1 N–H and O–H groups in total. The molecule has 2 unspecified atom stereocenters. The van der Waals surface area contributed by atoms with Gasteiger partial charge in [-0.25, -0.2) is 4.79 Å². The van der Waals surface area contributed by atoms with E-state index in [0.29, 0.717) is 30.9 Å². The second-order valence-corrected chi connectivity index (χ2v) is 7.51. The fraction of sp³-hybridized carbons (Fsp3) is 0.391. The van der Waals surface area contributed by atoms with Crippen molar-refractivity contribution in [1.82, 2.24) is 4.90 Å². The Bertz CT molecular complexity index is 873. The molecule has 0 aromatic heterocycles. The summed E-state index contributed by atoms with van der Waals surface area (Å²) in [6, 6.07) is 14.2. The number of benzene rings is 2. The summed E-state index contributed by atoms with van der Waals surface area (Å²) in [7, 11) is 1.59. The predicted molar refractivity (Wildman–Crippen MR) is 114 cm³/mol. The van der Waals surface area contributed by atoms with Crippen molar-refractivity contribution in [2.45, 2.75) is 32.6 Å². The number of aliphatic hydroxyl groups is 1. The Kier molecular flexibility index (Phi) is 7.07. The maximum absolute atomic E-state index is 13.5. The van der Waals surface area contributed by atoms with Gasteiger partial charge >= 0.3 is 6.03 Å². The van der Waals surface area contributed by atoms with Gasteiger partial charge in [0.15, 0.2) is 5.78 Å². The molecule has 7 heteroatoms. The summed E-state index contributed by atoms with van der Waals surface area (Å²) in [6.07, 6.45) is -0.0673. The van der Waals surface area contributed by atoms with E-state index in [9.17, 15) is 9.59 Å². The number of anilines is 1. The molecule has 0 saturated carbocycles. The van der Waals surface area contributed by atoms with Crippen LogP contribution in [0.2, 0.25) is 0 Å². The van der Waals surface area contributed by atoms with Crippen molar-refractivity contribution in [3.63, 3.8) is 0 Å². The van der Waals surface area contributed by atoms with E-state index in [1.807, 2.05) is 43.0 Å². The lowest BCUT2D eigenvalue weighted by molar-refractivity contribution is -0.0537. The van der Waals surface area contributed by atoms with Gasteiger partial charge < -0.3 is 19.5 Å². The van der Waals surface area contributed by atoms with Gasteiger partial charge in [0, 0.05) is 30.4 Å². The van der Waals surface area contributed by atoms with Crippen molar-refractivity contribution in [3.8, 4) is 5.75 Å². The van der Waals surface area contributed by atoms with E-state index in [0.717, 1.165) is 11.3 Å². The highest BCUT2D eigenvalue weighted by molar-refractivity contribution is 5.97. The number of morpholine rings is 1. The van der Waals surface area contributed by atoms with Crippen molar-refractivity contribution in [2.75, 3.05) is 31.7 Å². The Balaban J connectivity index is 1.89. The molecule has 1 aliphatic rings. The summed E-state index contributed by atoms with van der Waals surface area (Å²) in [5.74, 6) is 0.330. The van der Waals surface area contributed by atoms with Gasteiger partial charge in [-0.3, -0.25) is 9.69 Å². The lowest BCUT2D eigenvalue weighted by Crippen LogP contribution is -2.52. The maximum Gasteiger partial charge on any atom is 0.324 e. The molecule has 0 bridgehead atoms. The molecule has 1 fully saturated rings. The number of amides is 2. The minimum Gasteiger partial charge on any atom is -0.497 e. The van der Waals surface area contributed by atoms with E-state index in [2.05, 4.69) is 0 Å². The van der Waals surface area contributed by atoms with Crippen LogP contribution in [0.15, 0.2) is 48.5 Å². The molecule has 1 saturated heterocycles. The third-order valence-electron chi connectivity index (χ3n) is 5.05. The molecular formula is C23H28N2O5. The van der Waals surface area contributed by atoms with Crippen LogP contribution >= 0.6 is 0 Å². The monoisotopic (exact) mass is 412 g/mol. The number of Topliss-reactive ketones (excluding diaryl/α,β-unsaturated/α-hetero) is 1. The average molecular weight is 412 g/mol. The summed E-state index contributed by atoms with van der Waals surface area (Å²) in [6.45, 7) is 4.77. The van der Waals surface area contributed by atoms with E-state index in [1.165, 1.54) is 0 Å². The molecular weight excluding hydrogens is 384 g/mol. The zero-order valence-corrected chi connectivity index (χ0v) is 17.6. The van der Waals surface area contributed by atoms with E-state index in [4.69, 9.17) is 14.6 Å². The zero-order chi connectivity index (χ0) is 21.7. The standard InChI is InChI=1S/C23H28N2O5/c1-16-12-24(13-17(2)30-16)23(28)25(20-5-4-6-21(11-20)29-3)14-18-7-9-19(10-8-18)22(27)15-26/h4-11,16-17,26H,12-15H2,1-3H3. The number of methoxy groups -OCH3 is 1. The molecule has 160 valence electrons. The van der Waals surface area contributed by atoms with Gasteiger partial charge in [-0.15, -0.1) is 0 Å². The lowest BCUT2D eigenvalue weighted by Gasteiger charge is -2.38. The molecule has 3 rings (SSSR count). The fourth-order valence-corrected chi connectivity index (χ4v) is 3.62. The van der Waals surface area contributed by atoms with Crippen LogP contribution in [0.1, 0.15) is 29.8 Å². The summed E-state index contributed by atoms with van der Waals surface area (Å²) in [4.78, 5) is 28.7. The van der Waals surface area contributed by atoms with E-state index >= 15 is 0 Å². The number of aliphatic hydroxyl groups excluding tert-OH is 1. The Morgan fingerprint density at radius 3 is 2.40 bits per heavy atom. The van der Waals surface area contributed by atoms with Crippen LogP contribution < -0.4 is 9.64 Å². The summed E-state index contributed by atoms with van der Waals surface area (Å²) >= 11 is 0. The lowest BCUT2D eigenvalue weighted by atomic mass is 10.1. The van der Waals surface area contributed by atoms with Crippen LogP contribution in [0.25, 0.3) is 0 Å². The minimum absolute atomic E-state index is 0.0337. The van der Waals surface area contributed by atoms with Gasteiger partial charge in [0.1, 0.15) is 12.4 Å². The van der Waals surface area contributed by atoms with Gasteiger partial charge in [0.25, 0.3) is 0 Å². The smallest absolute Gasteiger partial charge is 0.324 e. The molecule has 2 aromatic carbocycles. The Hall–Kier alpha value is -2.90. The Morgan fingerprint density at radius 1 is 1.13 bits per heavy atom. The van der Waals surface area contributed by atoms with E-state index < -0.39 is 6.61 Å². The molecule has 7 nitrogen and oxygen atoms in total. The molecule has 1 heterocycles. The molecule has 30 heavy (non-hydrogen) atoms. The van der Waals surface area contributed by atoms with E-state index in [-0.39, 0.29) is 24.0 Å². The molecule has 0 aliphatic carbocycles. The second-order valence-electron chi connectivity index (χ2n) is 7.51. The first-order chi connectivity index (χ1) is 14.4. The normalized spacial score (nSPS) is 18.7. The van der Waals surface area contributed by atoms with E-state index in [1.54, 1.807) is 36.3 Å². The number of nitrogens with zero attached hydrogens (tertiary/aromatic N) is 2. The van der Waals surface area contributed by atoms with Crippen LogP contribution in [0.5, 0.6) is 5.75 Å². The first-order valence-corrected chi connectivity index (χ1v) is 10.00. The van der Waals surface area contributed by atoms with Crippen LogP contribution in [0.3, 0.4) is 0 Å². The quantitative estimate of drug-likeness (QED) is 0.738. The fourth-order valence-electron chi connectivity index (χ4n) is 3.62. The van der Waals surface area contributed by atoms with Crippen LogP contribution in [0, 0.1) is 0 Å². The van der Waals surface area contributed by atoms with Gasteiger partial charge in [-0.2, -0.15) is 0 Å². The second kappa shape index (κ2) is 9.73. The van der Waals surface area contributed by atoms with Crippen molar-refractivity contribution >= 4 is 17.5 Å². The summed E-state index contributed by atoms with van der Waals surface area (Å²) in [5.41, 5.74) is 2.04. The third-order valence-corrected chi connectivity index (χ3v) is 5.05. The number of hydrogen-bond acceptors (Lipinski definition) is 5. The van der Waals surface area contributed by atoms with Gasteiger partial charge in [-0.05, 0) is 31.5 Å². The summed E-state index contributed by atoms with van der Waals surface area (Å²) < 4.78 is 11.1. The number of hydrogen-bond donors (Lipinski definition) is 1. The molecule has 1 aliphatic heterocycles. The van der Waals surface area contributed by atoms with Crippen molar-refractivity contribution in [1.29, 1.82) is 0 Å². The Morgan fingerprint density at radius 2 is 1.80 bits per heavy atom. The third kappa shape index (κ3) is 5.17. The number of ether oxygens (including phenoxy) is 2. The largest absolute Gasteiger partial charge is 0.497 e. The number of carbonyl (C=O) groups is 2. The number of ketones is 1. The Labute approximate surface area is 176 Å². The zero-order valence-electron chi connectivity index (χ0n) is 17.6. The van der Waals surface area contributed by atoms with Crippen molar-refractivity contribution in [3.05, 3.63) is 59.7 Å². The SMILES string of the molecule is COc1cccc(N(Cc2ccc(C(=O)CO)cc2)C(=O)N2CC(C)OC(C)C2)c1. The van der Waals surface area contributed by atoms with Gasteiger partial charge in [0.2, 0.25) is 0 Å². The van der Waals surface area contributed by atoms with Crippen LogP contribution in [0.4, 0.5) is 10.5 Å². The van der Waals surface area contributed by atoms with Crippen molar-refractivity contribution < 1.29 is 24.2 Å². The first kappa shape index (κ1) is 21.8. The number of rotatable bonds is 6. The highest BCUT2D eigenvalue weighted by atomic mass is 16.5. The first-order valence-electron chi connectivity index (χ1n) is 10.00. The van der Waals surface area contributed by atoms with Crippen LogP contribution in [-0.2, 0) is 11.3 Å². The van der Waals surface area contributed by atoms with Gasteiger partial charge in [-0.1, -0.05) is 30.3 Å². The van der Waals surface area contributed by atoms with Gasteiger partial charge in [0.05, 0.1) is 25.9 Å². The summed E-state index contributed by atoms with van der Waals surface area (Å²) in [5, 5.41) is 9.03. The molecule has 2 amide bonds. The highest BCUT2D eigenvalue weighted by Crippen LogP contribution is 2.25. The number of urea groups is 1.